The van der Waals surface area contributed by atoms with E-state index in [0.717, 1.165) is 5.56 Å². The lowest BCUT2D eigenvalue weighted by Crippen LogP contribution is -2.21. The fourth-order valence-electron chi connectivity index (χ4n) is 3.16. The van der Waals surface area contributed by atoms with E-state index in [-0.39, 0.29) is 33.8 Å². The van der Waals surface area contributed by atoms with Gasteiger partial charge in [-0.15, -0.1) is 0 Å². The van der Waals surface area contributed by atoms with Crippen molar-refractivity contribution in [2.45, 2.75) is 6.92 Å². The summed E-state index contributed by atoms with van der Waals surface area (Å²) in [5, 5.41) is 21.8. The standard InChI is InChI=1S/C19H12O4/c1-9-6-7-12-13(8-9)19(23)15-14(18(12)22)16(20)10-4-2-3-5-11(10)17(15)21/h2-8,22-23H,1H3. The van der Waals surface area contributed by atoms with Crippen molar-refractivity contribution >= 4 is 22.3 Å². The molecule has 0 radical (unpaired) electrons. The summed E-state index contributed by atoms with van der Waals surface area (Å²) in [6, 6.07) is 11.5. The van der Waals surface area contributed by atoms with Gasteiger partial charge in [-0.3, -0.25) is 9.59 Å². The molecule has 0 atom stereocenters. The van der Waals surface area contributed by atoms with Crippen molar-refractivity contribution in [2.75, 3.05) is 0 Å². The maximum Gasteiger partial charge on any atom is 0.198 e. The van der Waals surface area contributed by atoms with E-state index in [1.165, 1.54) is 0 Å². The molecule has 4 heteroatoms. The van der Waals surface area contributed by atoms with Crippen LogP contribution in [0, 0.1) is 6.92 Å². The van der Waals surface area contributed by atoms with Gasteiger partial charge in [0.2, 0.25) is 0 Å². The zero-order valence-electron chi connectivity index (χ0n) is 12.3. The second-order valence-electron chi connectivity index (χ2n) is 5.70. The average molecular weight is 304 g/mol. The summed E-state index contributed by atoms with van der Waals surface area (Å²) in [6.45, 7) is 1.84. The minimum Gasteiger partial charge on any atom is -0.506 e. The van der Waals surface area contributed by atoms with E-state index >= 15 is 0 Å². The molecule has 0 saturated heterocycles. The number of rotatable bonds is 0. The maximum atomic E-state index is 12.7. The Labute approximate surface area is 131 Å². The minimum atomic E-state index is -0.453. The van der Waals surface area contributed by atoms with Crippen molar-refractivity contribution in [3.8, 4) is 11.5 Å². The van der Waals surface area contributed by atoms with Crippen LogP contribution in [0.4, 0.5) is 0 Å². The summed E-state index contributed by atoms with van der Waals surface area (Å²) >= 11 is 0. The zero-order valence-corrected chi connectivity index (χ0v) is 12.3. The minimum absolute atomic E-state index is 0.121. The quantitative estimate of drug-likeness (QED) is 0.489. The second-order valence-corrected chi connectivity index (χ2v) is 5.70. The topological polar surface area (TPSA) is 74.6 Å². The van der Waals surface area contributed by atoms with Gasteiger partial charge < -0.3 is 10.2 Å². The van der Waals surface area contributed by atoms with Gasteiger partial charge in [-0.25, -0.2) is 0 Å². The zero-order chi connectivity index (χ0) is 16.3. The third kappa shape index (κ3) is 1.66. The Hall–Kier alpha value is -3.14. The smallest absolute Gasteiger partial charge is 0.198 e. The molecule has 0 unspecified atom stereocenters. The van der Waals surface area contributed by atoms with E-state index in [1.807, 2.05) is 6.92 Å². The number of hydrogen-bond acceptors (Lipinski definition) is 4. The molecule has 0 saturated carbocycles. The van der Waals surface area contributed by atoms with Crippen LogP contribution in [0.25, 0.3) is 10.8 Å². The molecule has 1 aliphatic carbocycles. The van der Waals surface area contributed by atoms with Crippen LogP contribution in [0.5, 0.6) is 11.5 Å². The Morgan fingerprint density at radius 2 is 1.26 bits per heavy atom. The lowest BCUT2D eigenvalue weighted by molar-refractivity contribution is 0.0974. The van der Waals surface area contributed by atoms with Gasteiger partial charge >= 0.3 is 0 Å². The molecule has 2 N–H and O–H groups in total. The maximum absolute atomic E-state index is 12.7. The highest BCUT2D eigenvalue weighted by Crippen LogP contribution is 2.44. The Kier molecular flexibility index (Phi) is 2.60. The first kappa shape index (κ1) is 13.5. The van der Waals surface area contributed by atoms with Gasteiger partial charge in [-0.05, 0) is 13.0 Å². The summed E-state index contributed by atoms with van der Waals surface area (Å²) in [4.78, 5) is 25.4. The summed E-state index contributed by atoms with van der Waals surface area (Å²) in [6.07, 6.45) is 0. The highest BCUT2D eigenvalue weighted by molar-refractivity contribution is 6.32. The average Bonchev–Trinajstić information content (AvgIpc) is 2.56. The van der Waals surface area contributed by atoms with Crippen LogP contribution >= 0.6 is 0 Å². The number of ketones is 2. The molecule has 0 amide bonds. The molecule has 1 aliphatic rings. The van der Waals surface area contributed by atoms with Crippen LogP contribution in [-0.4, -0.2) is 21.8 Å². The number of hydrogen-bond donors (Lipinski definition) is 2. The lowest BCUT2D eigenvalue weighted by atomic mass is 9.81. The summed E-state index contributed by atoms with van der Waals surface area (Å²) in [5.41, 5.74) is 1.12. The normalized spacial score (nSPS) is 13.1. The Morgan fingerprint density at radius 1 is 0.739 bits per heavy atom. The molecule has 0 aromatic heterocycles. The first-order chi connectivity index (χ1) is 11.0. The molecular formula is C19H12O4. The molecule has 0 spiro atoms. The molecular weight excluding hydrogens is 292 g/mol. The van der Waals surface area contributed by atoms with E-state index < -0.39 is 11.6 Å². The number of benzene rings is 3. The second kappa shape index (κ2) is 4.43. The summed E-state index contributed by atoms with van der Waals surface area (Å²) in [5.74, 6) is -1.43. The third-order valence-corrected chi connectivity index (χ3v) is 4.28. The number of carbonyl (C=O) groups excluding carboxylic acids is 2. The van der Waals surface area contributed by atoms with Gasteiger partial charge in [0.15, 0.2) is 11.6 Å². The first-order valence-electron chi connectivity index (χ1n) is 7.17. The van der Waals surface area contributed by atoms with Crippen LogP contribution in [0.1, 0.15) is 37.4 Å². The predicted molar refractivity (Wildman–Crippen MR) is 85.3 cm³/mol. The number of phenolic OH excluding ortho intramolecular Hbond substituents is 2. The van der Waals surface area contributed by atoms with Crippen LogP contribution in [0.3, 0.4) is 0 Å². The number of fused-ring (bicyclic) bond motifs is 3. The molecule has 0 aliphatic heterocycles. The summed E-state index contributed by atoms with van der Waals surface area (Å²) < 4.78 is 0. The van der Waals surface area contributed by atoms with Gasteiger partial charge in [-0.1, -0.05) is 42.0 Å². The third-order valence-electron chi connectivity index (χ3n) is 4.28. The van der Waals surface area contributed by atoms with E-state index in [1.54, 1.807) is 42.5 Å². The van der Waals surface area contributed by atoms with Crippen molar-refractivity contribution < 1.29 is 19.8 Å². The largest absolute Gasteiger partial charge is 0.506 e. The van der Waals surface area contributed by atoms with E-state index in [4.69, 9.17) is 0 Å². The van der Waals surface area contributed by atoms with Crippen molar-refractivity contribution in [1.82, 2.24) is 0 Å². The predicted octanol–water partition coefficient (Wildman–Crippen LogP) is 3.33. The van der Waals surface area contributed by atoms with E-state index in [2.05, 4.69) is 0 Å². The molecule has 3 aromatic rings. The number of aryl methyl sites for hydroxylation is 1. The molecule has 23 heavy (non-hydrogen) atoms. The monoisotopic (exact) mass is 304 g/mol. The Bertz CT molecular complexity index is 1030. The fraction of sp³-hybridized carbons (Fsp3) is 0.0526. The van der Waals surface area contributed by atoms with Crippen LogP contribution in [0.2, 0.25) is 0 Å². The van der Waals surface area contributed by atoms with E-state index in [9.17, 15) is 19.8 Å². The SMILES string of the molecule is Cc1ccc2c(O)c3c(c(O)c2c1)C(=O)c1ccccc1C3=O. The van der Waals surface area contributed by atoms with Gasteiger partial charge in [-0.2, -0.15) is 0 Å². The van der Waals surface area contributed by atoms with Gasteiger partial charge in [0.25, 0.3) is 0 Å². The van der Waals surface area contributed by atoms with Gasteiger partial charge in [0.1, 0.15) is 11.5 Å². The molecule has 3 aromatic carbocycles. The molecule has 112 valence electrons. The fourth-order valence-corrected chi connectivity index (χ4v) is 3.16. The van der Waals surface area contributed by atoms with Crippen molar-refractivity contribution in [1.29, 1.82) is 0 Å². The highest BCUT2D eigenvalue weighted by Gasteiger charge is 2.35. The summed E-state index contributed by atoms with van der Waals surface area (Å²) in [7, 11) is 0. The molecule has 0 fully saturated rings. The molecule has 0 bridgehead atoms. The molecule has 4 rings (SSSR count). The number of aromatic hydroxyl groups is 2. The van der Waals surface area contributed by atoms with Crippen LogP contribution in [-0.2, 0) is 0 Å². The van der Waals surface area contributed by atoms with Crippen molar-refractivity contribution in [3.63, 3.8) is 0 Å². The first-order valence-corrected chi connectivity index (χ1v) is 7.17. The van der Waals surface area contributed by atoms with Crippen LogP contribution in [0.15, 0.2) is 42.5 Å². The van der Waals surface area contributed by atoms with Gasteiger partial charge in [0, 0.05) is 21.9 Å². The van der Waals surface area contributed by atoms with Crippen molar-refractivity contribution in [2.24, 2.45) is 0 Å². The van der Waals surface area contributed by atoms with Crippen LogP contribution < -0.4 is 0 Å². The number of phenols is 2. The lowest BCUT2D eigenvalue weighted by Gasteiger charge is -2.21. The Morgan fingerprint density at radius 3 is 1.83 bits per heavy atom. The Balaban J connectivity index is 2.18. The molecule has 0 heterocycles. The van der Waals surface area contributed by atoms with Gasteiger partial charge in [0.05, 0.1) is 11.1 Å². The number of carbonyl (C=O) groups is 2. The van der Waals surface area contributed by atoms with E-state index in [0.29, 0.717) is 10.8 Å². The highest BCUT2D eigenvalue weighted by atomic mass is 16.3. The van der Waals surface area contributed by atoms with Crippen molar-refractivity contribution in [3.05, 3.63) is 70.3 Å². The molecule has 4 nitrogen and oxygen atoms in total.